The summed E-state index contributed by atoms with van der Waals surface area (Å²) >= 11 is 3.23. The zero-order valence-electron chi connectivity index (χ0n) is 12.6. The first-order chi connectivity index (χ1) is 11.7. The highest BCUT2D eigenvalue weighted by Gasteiger charge is 2.38. The van der Waals surface area contributed by atoms with Crippen LogP contribution < -0.4 is 4.74 Å². The average Bonchev–Trinajstić information content (AvgIpc) is 2.50. The lowest BCUT2D eigenvalue weighted by Crippen LogP contribution is -2.56. The van der Waals surface area contributed by atoms with Gasteiger partial charge in [0.15, 0.2) is 0 Å². The largest absolute Gasteiger partial charge is 0.472 e. The molecule has 0 N–H and O–H groups in total. The summed E-state index contributed by atoms with van der Waals surface area (Å²) in [7, 11) is -3.64. The number of rotatable bonds is 4. The highest BCUT2D eigenvalue weighted by Crippen LogP contribution is 2.31. The number of hydrogen-bond donors (Lipinski definition) is 0. The lowest BCUT2D eigenvalue weighted by Gasteiger charge is -2.37. The van der Waals surface area contributed by atoms with E-state index in [0.717, 1.165) is 22.8 Å². The summed E-state index contributed by atoms with van der Waals surface area (Å²) in [5.74, 6) is -0.180. The molecule has 2 aromatic rings. The number of benzene rings is 1. The van der Waals surface area contributed by atoms with E-state index in [0.29, 0.717) is 0 Å². The van der Waals surface area contributed by atoms with Crippen molar-refractivity contribution in [1.82, 2.24) is 9.29 Å². The van der Waals surface area contributed by atoms with Gasteiger partial charge in [-0.1, -0.05) is 15.9 Å². The molecule has 0 saturated carbocycles. The smallest absolute Gasteiger partial charge is 0.416 e. The molecule has 0 aliphatic carbocycles. The minimum Gasteiger partial charge on any atom is -0.472 e. The second-order valence-electron chi connectivity index (χ2n) is 5.40. The first-order valence-electron chi connectivity index (χ1n) is 7.12. The van der Waals surface area contributed by atoms with Gasteiger partial charge in [0, 0.05) is 16.7 Å². The molecule has 1 fully saturated rings. The van der Waals surface area contributed by atoms with E-state index in [-0.39, 0.29) is 23.9 Å². The maximum absolute atomic E-state index is 12.7. The SMILES string of the molecule is O=S(=O)(c1ccc(Br)cc1)N1CC(Oc2cc(C(F)(F)F)ccn2)C1. The minimum atomic E-state index is -4.49. The Morgan fingerprint density at radius 1 is 1.16 bits per heavy atom. The van der Waals surface area contributed by atoms with Crippen molar-refractivity contribution in [1.29, 1.82) is 0 Å². The van der Waals surface area contributed by atoms with Gasteiger partial charge in [-0.25, -0.2) is 13.4 Å². The minimum absolute atomic E-state index is 0.0519. The predicted octanol–water partition coefficient (Wildman–Crippen LogP) is 3.31. The zero-order valence-corrected chi connectivity index (χ0v) is 15.0. The van der Waals surface area contributed by atoms with Crippen LogP contribution in [-0.4, -0.2) is 36.9 Å². The van der Waals surface area contributed by atoms with Gasteiger partial charge in [0.05, 0.1) is 23.5 Å². The van der Waals surface area contributed by atoms with Gasteiger partial charge in [-0.15, -0.1) is 0 Å². The van der Waals surface area contributed by atoms with Crippen LogP contribution in [0, 0.1) is 0 Å². The second-order valence-corrected chi connectivity index (χ2v) is 8.25. The summed E-state index contributed by atoms with van der Waals surface area (Å²) in [5, 5.41) is 0. The molecule has 0 atom stereocenters. The van der Waals surface area contributed by atoms with E-state index in [1.54, 1.807) is 12.1 Å². The first-order valence-corrected chi connectivity index (χ1v) is 9.35. The van der Waals surface area contributed by atoms with Gasteiger partial charge in [-0.3, -0.25) is 0 Å². The van der Waals surface area contributed by atoms with E-state index in [1.807, 2.05) is 0 Å². The average molecular weight is 437 g/mol. The number of alkyl halides is 3. The molecule has 1 saturated heterocycles. The molecule has 0 bridgehead atoms. The molecule has 2 heterocycles. The molecule has 1 aliphatic rings. The van der Waals surface area contributed by atoms with Crippen LogP contribution >= 0.6 is 15.9 Å². The summed E-state index contributed by atoms with van der Waals surface area (Å²) in [6.45, 7) is 0.104. The van der Waals surface area contributed by atoms with Crippen molar-refractivity contribution in [3.63, 3.8) is 0 Å². The highest BCUT2D eigenvalue weighted by atomic mass is 79.9. The molecule has 0 unspecified atom stereocenters. The summed E-state index contributed by atoms with van der Waals surface area (Å²) in [6.07, 6.45) is -4.02. The van der Waals surface area contributed by atoms with E-state index in [1.165, 1.54) is 16.4 Å². The van der Waals surface area contributed by atoms with Crippen LogP contribution in [0.4, 0.5) is 13.2 Å². The Bertz CT molecular complexity index is 866. The highest BCUT2D eigenvalue weighted by molar-refractivity contribution is 9.10. The molecule has 0 amide bonds. The third-order valence-corrected chi connectivity index (χ3v) is 5.99. The quantitative estimate of drug-likeness (QED) is 0.737. The molecule has 1 aliphatic heterocycles. The number of aromatic nitrogens is 1. The van der Waals surface area contributed by atoms with Crippen LogP contribution in [0.1, 0.15) is 5.56 Å². The Morgan fingerprint density at radius 2 is 1.80 bits per heavy atom. The topological polar surface area (TPSA) is 59.5 Å². The van der Waals surface area contributed by atoms with E-state index >= 15 is 0 Å². The fourth-order valence-corrected chi connectivity index (χ4v) is 4.02. The number of nitrogens with zero attached hydrogens (tertiary/aromatic N) is 2. The molecular weight excluding hydrogens is 425 g/mol. The van der Waals surface area contributed by atoms with Gasteiger partial charge >= 0.3 is 6.18 Å². The lowest BCUT2D eigenvalue weighted by atomic mass is 10.2. The Labute approximate surface area is 150 Å². The Balaban J connectivity index is 1.64. The van der Waals surface area contributed by atoms with Crippen molar-refractivity contribution in [3.8, 4) is 5.88 Å². The van der Waals surface area contributed by atoms with Crippen molar-refractivity contribution in [3.05, 3.63) is 52.6 Å². The van der Waals surface area contributed by atoms with Crippen LogP contribution in [0.3, 0.4) is 0 Å². The molecule has 0 spiro atoms. The van der Waals surface area contributed by atoms with Crippen molar-refractivity contribution >= 4 is 26.0 Å². The van der Waals surface area contributed by atoms with E-state index in [2.05, 4.69) is 20.9 Å². The Morgan fingerprint density at radius 3 is 2.40 bits per heavy atom. The van der Waals surface area contributed by atoms with Gasteiger partial charge in [0.25, 0.3) is 0 Å². The summed E-state index contributed by atoms with van der Waals surface area (Å²) in [4.78, 5) is 3.88. The third-order valence-electron chi connectivity index (χ3n) is 3.62. The van der Waals surface area contributed by atoms with Crippen molar-refractivity contribution in [2.75, 3.05) is 13.1 Å². The van der Waals surface area contributed by atoms with Crippen LogP contribution in [0.5, 0.6) is 5.88 Å². The normalized spacial score (nSPS) is 16.5. The standard InChI is InChI=1S/C15H12BrF3N2O3S/c16-11-1-3-13(4-2-11)25(22,23)21-8-12(9-21)24-14-7-10(5-6-20-14)15(17,18)19/h1-7,12H,8-9H2. The molecule has 5 nitrogen and oxygen atoms in total. The molecular formula is C15H12BrF3N2O3S. The number of sulfonamides is 1. The fraction of sp³-hybridized carbons (Fsp3) is 0.267. The zero-order chi connectivity index (χ0) is 18.2. The summed E-state index contributed by atoms with van der Waals surface area (Å²) in [6, 6.07) is 7.83. The molecule has 10 heteroatoms. The van der Waals surface area contributed by atoms with E-state index in [4.69, 9.17) is 4.74 Å². The van der Waals surface area contributed by atoms with Gasteiger partial charge in [-0.05, 0) is 30.3 Å². The van der Waals surface area contributed by atoms with Crippen molar-refractivity contribution in [2.45, 2.75) is 17.2 Å². The van der Waals surface area contributed by atoms with E-state index in [9.17, 15) is 21.6 Å². The van der Waals surface area contributed by atoms with Crippen LogP contribution in [-0.2, 0) is 16.2 Å². The second kappa shape index (κ2) is 6.58. The number of pyridine rings is 1. The van der Waals surface area contributed by atoms with Crippen molar-refractivity contribution in [2.24, 2.45) is 0 Å². The van der Waals surface area contributed by atoms with Gasteiger partial charge < -0.3 is 4.74 Å². The number of halogens is 4. The molecule has 1 aromatic carbocycles. The monoisotopic (exact) mass is 436 g/mol. The molecule has 25 heavy (non-hydrogen) atoms. The third kappa shape index (κ3) is 3.96. The first kappa shape index (κ1) is 18.2. The van der Waals surface area contributed by atoms with Crippen molar-refractivity contribution < 1.29 is 26.3 Å². The maximum atomic E-state index is 12.7. The summed E-state index contributed by atoms with van der Waals surface area (Å²) < 4.78 is 70.1. The van der Waals surface area contributed by atoms with Crippen LogP contribution in [0.15, 0.2) is 52.0 Å². The van der Waals surface area contributed by atoms with Crippen LogP contribution in [0.2, 0.25) is 0 Å². The summed E-state index contributed by atoms with van der Waals surface area (Å²) in [5.41, 5.74) is -0.865. The fourth-order valence-electron chi connectivity index (χ4n) is 2.25. The molecule has 3 rings (SSSR count). The maximum Gasteiger partial charge on any atom is 0.416 e. The number of hydrogen-bond acceptors (Lipinski definition) is 4. The van der Waals surface area contributed by atoms with Gasteiger partial charge in [0.1, 0.15) is 6.10 Å². The van der Waals surface area contributed by atoms with Gasteiger partial charge in [0.2, 0.25) is 15.9 Å². The number of ether oxygens (including phenoxy) is 1. The Hall–Kier alpha value is -1.65. The lowest BCUT2D eigenvalue weighted by molar-refractivity contribution is -0.137. The van der Waals surface area contributed by atoms with E-state index < -0.39 is 27.9 Å². The molecule has 0 radical (unpaired) electrons. The Kier molecular flexibility index (Phi) is 4.78. The predicted molar refractivity (Wildman–Crippen MR) is 86.6 cm³/mol. The van der Waals surface area contributed by atoms with Gasteiger partial charge in [-0.2, -0.15) is 17.5 Å². The molecule has 1 aromatic heterocycles. The van der Waals surface area contributed by atoms with Crippen LogP contribution in [0.25, 0.3) is 0 Å². The molecule has 134 valence electrons.